The molecule has 0 N–H and O–H groups in total. The van der Waals surface area contributed by atoms with Crippen LogP contribution in [-0.4, -0.2) is 64.0 Å². The van der Waals surface area contributed by atoms with Crippen molar-refractivity contribution in [2.45, 2.75) is 32.2 Å². The zero-order valence-corrected chi connectivity index (χ0v) is 17.2. The molecular weight excluding hydrogens is 368 g/mol. The Hall–Kier alpha value is -2.45. The minimum absolute atomic E-state index is 0.476. The fourth-order valence-electron chi connectivity index (χ4n) is 4.44. The Kier molecular flexibility index (Phi) is 4.97. The van der Waals surface area contributed by atoms with Crippen molar-refractivity contribution in [3.8, 4) is 0 Å². The summed E-state index contributed by atoms with van der Waals surface area (Å²) in [6.07, 6.45) is 4.11. The van der Waals surface area contributed by atoms with E-state index in [4.69, 9.17) is 14.2 Å². The van der Waals surface area contributed by atoms with E-state index in [1.165, 1.54) is 5.69 Å². The summed E-state index contributed by atoms with van der Waals surface area (Å²) in [5.74, 6) is 2.37. The molecule has 0 amide bonds. The van der Waals surface area contributed by atoms with Crippen LogP contribution < -0.4 is 4.90 Å². The zero-order chi connectivity index (χ0) is 19.8. The van der Waals surface area contributed by atoms with Crippen molar-refractivity contribution in [2.75, 3.05) is 44.3 Å². The van der Waals surface area contributed by atoms with E-state index in [1.54, 1.807) is 0 Å². The number of aryl methyl sites for hydroxylation is 2. The third kappa shape index (κ3) is 3.74. The van der Waals surface area contributed by atoms with Crippen LogP contribution in [-0.2, 0) is 18.3 Å². The molecule has 5 heterocycles. The third-order valence-corrected chi connectivity index (χ3v) is 6.09. The molecule has 8 nitrogen and oxygen atoms in total. The lowest BCUT2D eigenvalue weighted by atomic mass is 9.92. The highest BCUT2D eigenvalue weighted by Gasteiger charge is 2.25. The fourth-order valence-corrected chi connectivity index (χ4v) is 4.44. The molecule has 154 valence electrons. The molecule has 0 unspecified atom stereocenters. The predicted molar refractivity (Wildman–Crippen MR) is 110 cm³/mol. The topological polar surface area (TPSA) is 72.5 Å². The van der Waals surface area contributed by atoms with Crippen LogP contribution in [0.1, 0.15) is 35.9 Å². The Morgan fingerprint density at radius 3 is 2.62 bits per heavy atom. The summed E-state index contributed by atoms with van der Waals surface area (Å²) in [7, 11) is 2.06. The Balaban J connectivity index is 1.35. The molecule has 8 heteroatoms. The largest absolute Gasteiger partial charge is 0.378 e. The van der Waals surface area contributed by atoms with E-state index in [-0.39, 0.29) is 0 Å². The molecule has 0 spiro atoms. The molecule has 3 aromatic heterocycles. The average molecular weight is 396 g/mol. The molecule has 2 saturated heterocycles. The van der Waals surface area contributed by atoms with E-state index in [0.717, 1.165) is 87.1 Å². The molecule has 0 bridgehead atoms. The highest BCUT2D eigenvalue weighted by Crippen LogP contribution is 2.33. The van der Waals surface area contributed by atoms with Gasteiger partial charge in [0.2, 0.25) is 0 Å². The summed E-state index contributed by atoms with van der Waals surface area (Å²) in [6.45, 7) is 8.14. The average Bonchev–Trinajstić information content (AvgIpc) is 3.34. The Bertz CT molecular complexity index is 982. The number of morpholine rings is 1. The van der Waals surface area contributed by atoms with Gasteiger partial charge in [-0.15, -0.1) is 0 Å². The Labute approximate surface area is 170 Å². The number of piperidine rings is 1. The number of fused-ring (bicyclic) bond motifs is 1. The van der Waals surface area contributed by atoms with Gasteiger partial charge >= 0.3 is 0 Å². The SMILES string of the molecule is Cc1cc(CN2CCC(c3cc4c(ncn4C)c(N4CCOCC4)n3)CC2)no1. The molecule has 0 aliphatic carbocycles. The van der Waals surface area contributed by atoms with Crippen molar-refractivity contribution in [3.05, 3.63) is 35.6 Å². The molecule has 29 heavy (non-hydrogen) atoms. The number of anilines is 1. The van der Waals surface area contributed by atoms with Crippen molar-refractivity contribution in [1.82, 2.24) is 24.6 Å². The second kappa shape index (κ2) is 7.76. The summed E-state index contributed by atoms with van der Waals surface area (Å²) in [4.78, 5) is 14.5. The molecule has 0 atom stereocenters. The van der Waals surface area contributed by atoms with Crippen LogP contribution in [0, 0.1) is 6.92 Å². The molecule has 0 saturated carbocycles. The lowest BCUT2D eigenvalue weighted by Gasteiger charge is -2.32. The highest BCUT2D eigenvalue weighted by molar-refractivity contribution is 5.87. The van der Waals surface area contributed by atoms with Gasteiger partial charge in [-0.05, 0) is 38.9 Å². The van der Waals surface area contributed by atoms with Crippen LogP contribution in [0.5, 0.6) is 0 Å². The van der Waals surface area contributed by atoms with Gasteiger partial charge in [0.05, 0.1) is 30.8 Å². The number of pyridine rings is 1. The second-order valence-electron chi connectivity index (χ2n) is 8.17. The molecular formula is C21H28N6O2. The van der Waals surface area contributed by atoms with Crippen molar-refractivity contribution >= 4 is 16.9 Å². The summed E-state index contributed by atoms with van der Waals surface area (Å²) < 4.78 is 12.8. The molecule has 2 aliphatic rings. The number of ether oxygens (including phenoxy) is 1. The molecule has 0 aromatic carbocycles. The van der Waals surface area contributed by atoms with E-state index in [0.29, 0.717) is 5.92 Å². The minimum atomic E-state index is 0.476. The lowest BCUT2D eigenvalue weighted by Crippen LogP contribution is -2.37. The minimum Gasteiger partial charge on any atom is -0.378 e. The molecule has 2 fully saturated rings. The van der Waals surface area contributed by atoms with E-state index in [1.807, 2.05) is 19.3 Å². The van der Waals surface area contributed by atoms with Gasteiger partial charge in [0.1, 0.15) is 11.3 Å². The zero-order valence-electron chi connectivity index (χ0n) is 17.2. The number of nitrogens with zero attached hydrogens (tertiary/aromatic N) is 6. The molecule has 5 rings (SSSR count). The molecule has 3 aromatic rings. The summed E-state index contributed by atoms with van der Waals surface area (Å²) in [6, 6.07) is 4.27. The first-order valence-corrected chi connectivity index (χ1v) is 10.5. The maximum Gasteiger partial charge on any atom is 0.157 e. The van der Waals surface area contributed by atoms with Crippen LogP contribution in [0.3, 0.4) is 0 Å². The fraction of sp³-hybridized carbons (Fsp3) is 0.571. The second-order valence-corrected chi connectivity index (χ2v) is 8.17. The first-order valence-electron chi connectivity index (χ1n) is 10.5. The van der Waals surface area contributed by atoms with Gasteiger partial charge in [0.15, 0.2) is 5.82 Å². The van der Waals surface area contributed by atoms with Gasteiger partial charge in [-0.3, -0.25) is 4.90 Å². The standard InChI is InChI=1S/C21H28N6O2/c1-15-11-17(24-29-15)13-26-5-3-16(4-6-26)18-12-19-20(22-14-25(19)2)21(23-18)27-7-9-28-10-8-27/h11-12,14,16H,3-10,13H2,1-2H3. The first-order chi connectivity index (χ1) is 14.2. The summed E-state index contributed by atoms with van der Waals surface area (Å²) in [5.41, 5.74) is 4.37. The Morgan fingerprint density at radius 1 is 1.10 bits per heavy atom. The van der Waals surface area contributed by atoms with Crippen LogP contribution in [0.2, 0.25) is 0 Å². The van der Waals surface area contributed by atoms with E-state index < -0.39 is 0 Å². The highest BCUT2D eigenvalue weighted by atomic mass is 16.5. The third-order valence-electron chi connectivity index (χ3n) is 6.09. The van der Waals surface area contributed by atoms with Gasteiger partial charge in [-0.1, -0.05) is 5.16 Å². The van der Waals surface area contributed by atoms with Gasteiger partial charge in [-0.2, -0.15) is 0 Å². The Morgan fingerprint density at radius 2 is 1.90 bits per heavy atom. The maximum atomic E-state index is 5.53. The molecule has 0 radical (unpaired) electrons. The van der Waals surface area contributed by atoms with Crippen LogP contribution >= 0.6 is 0 Å². The summed E-state index contributed by atoms with van der Waals surface area (Å²) >= 11 is 0. The number of rotatable bonds is 4. The van der Waals surface area contributed by atoms with Crippen molar-refractivity contribution < 1.29 is 9.26 Å². The van der Waals surface area contributed by atoms with Gasteiger partial charge in [-0.25, -0.2) is 9.97 Å². The van der Waals surface area contributed by atoms with Crippen molar-refractivity contribution in [3.63, 3.8) is 0 Å². The monoisotopic (exact) mass is 396 g/mol. The van der Waals surface area contributed by atoms with E-state index >= 15 is 0 Å². The lowest BCUT2D eigenvalue weighted by molar-refractivity contribution is 0.122. The number of aromatic nitrogens is 4. The first kappa shape index (κ1) is 18.6. The van der Waals surface area contributed by atoms with Gasteiger partial charge < -0.3 is 18.7 Å². The number of imidazole rings is 1. The number of hydrogen-bond donors (Lipinski definition) is 0. The molecule has 2 aliphatic heterocycles. The van der Waals surface area contributed by atoms with Crippen LogP contribution in [0.15, 0.2) is 23.0 Å². The predicted octanol–water partition coefficient (Wildman–Crippen LogP) is 2.48. The number of likely N-dealkylation sites (tertiary alicyclic amines) is 1. The quantitative estimate of drug-likeness (QED) is 0.671. The van der Waals surface area contributed by atoms with E-state index in [2.05, 4.69) is 37.6 Å². The number of hydrogen-bond acceptors (Lipinski definition) is 7. The normalized spacial score (nSPS) is 19.3. The van der Waals surface area contributed by atoms with Crippen LogP contribution in [0.4, 0.5) is 5.82 Å². The van der Waals surface area contributed by atoms with Crippen LogP contribution in [0.25, 0.3) is 11.0 Å². The van der Waals surface area contributed by atoms with Crippen molar-refractivity contribution in [1.29, 1.82) is 0 Å². The smallest absolute Gasteiger partial charge is 0.157 e. The van der Waals surface area contributed by atoms with Gasteiger partial charge in [0, 0.05) is 44.4 Å². The van der Waals surface area contributed by atoms with E-state index in [9.17, 15) is 0 Å². The van der Waals surface area contributed by atoms with Crippen molar-refractivity contribution in [2.24, 2.45) is 7.05 Å². The van der Waals surface area contributed by atoms with Gasteiger partial charge in [0.25, 0.3) is 0 Å². The summed E-state index contributed by atoms with van der Waals surface area (Å²) in [5, 5.41) is 4.13. The maximum absolute atomic E-state index is 5.53.